The Kier molecular flexibility index (Phi) is 5.25. The second-order valence-corrected chi connectivity index (χ2v) is 8.77. The highest BCUT2D eigenvalue weighted by molar-refractivity contribution is 5.82. The van der Waals surface area contributed by atoms with E-state index in [0.29, 0.717) is 12.4 Å². The van der Waals surface area contributed by atoms with Crippen molar-refractivity contribution < 1.29 is 14.6 Å². The summed E-state index contributed by atoms with van der Waals surface area (Å²) in [7, 11) is 0. The van der Waals surface area contributed by atoms with Gasteiger partial charge in [-0.05, 0) is 48.3 Å². The molecule has 1 aromatic carbocycles. The van der Waals surface area contributed by atoms with Gasteiger partial charge in [-0.15, -0.1) is 0 Å². The molecule has 0 unspecified atom stereocenters. The Bertz CT molecular complexity index is 549. The van der Waals surface area contributed by atoms with Crippen molar-refractivity contribution in [3.05, 3.63) is 28.8 Å². The van der Waals surface area contributed by atoms with Gasteiger partial charge >= 0.3 is 5.97 Å². The largest absolute Gasteiger partial charge is 0.507 e. The van der Waals surface area contributed by atoms with Gasteiger partial charge in [-0.25, -0.2) is 0 Å². The summed E-state index contributed by atoms with van der Waals surface area (Å²) >= 11 is 0. The van der Waals surface area contributed by atoms with Crippen molar-refractivity contribution in [2.75, 3.05) is 6.61 Å². The molecule has 0 heterocycles. The zero-order valence-electron chi connectivity index (χ0n) is 16.1. The minimum Gasteiger partial charge on any atom is -0.507 e. The molecule has 23 heavy (non-hydrogen) atoms. The minimum atomic E-state index is -0.760. The maximum atomic E-state index is 12.4. The minimum absolute atomic E-state index is 0.217. The number of hydrogen-bond acceptors (Lipinski definition) is 3. The van der Waals surface area contributed by atoms with Gasteiger partial charge in [0.25, 0.3) is 0 Å². The Morgan fingerprint density at radius 2 is 1.35 bits per heavy atom. The number of hydrogen-bond donors (Lipinski definition) is 1. The quantitative estimate of drug-likeness (QED) is 0.812. The summed E-state index contributed by atoms with van der Waals surface area (Å²) in [5.41, 5.74) is 1.40. The molecule has 0 aliphatic heterocycles. The number of ether oxygens (including phenoxy) is 1. The number of carbonyl (C=O) groups excluding carboxylic acids is 1. The van der Waals surface area contributed by atoms with Crippen molar-refractivity contribution in [2.24, 2.45) is 0 Å². The van der Waals surface area contributed by atoms with E-state index in [0.717, 1.165) is 16.7 Å². The van der Waals surface area contributed by atoms with Gasteiger partial charge in [-0.3, -0.25) is 4.79 Å². The summed E-state index contributed by atoms with van der Waals surface area (Å²) in [6.07, 6.45) is 0. The highest BCUT2D eigenvalue weighted by atomic mass is 16.5. The molecule has 0 amide bonds. The van der Waals surface area contributed by atoms with E-state index in [-0.39, 0.29) is 16.8 Å². The summed E-state index contributed by atoms with van der Waals surface area (Å²) in [4.78, 5) is 12.4. The summed E-state index contributed by atoms with van der Waals surface area (Å²) in [6, 6.07) is 3.89. The van der Waals surface area contributed by atoms with Gasteiger partial charge in [-0.2, -0.15) is 0 Å². The number of carbonyl (C=O) groups is 1. The van der Waals surface area contributed by atoms with Gasteiger partial charge in [0.2, 0.25) is 0 Å². The van der Waals surface area contributed by atoms with E-state index in [9.17, 15) is 9.90 Å². The SMILES string of the molecule is CCOC(=O)C(C)(C)c1cc(C(C)(C)C)c(O)c(C(C)(C)C)c1. The van der Waals surface area contributed by atoms with Crippen LogP contribution in [0.15, 0.2) is 12.1 Å². The van der Waals surface area contributed by atoms with E-state index < -0.39 is 5.41 Å². The molecule has 3 heteroatoms. The lowest BCUT2D eigenvalue weighted by atomic mass is 9.74. The molecule has 3 nitrogen and oxygen atoms in total. The lowest BCUT2D eigenvalue weighted by Gasteiger charge is -2.31. The Morgan fingerprint density at radius 1 is 0.957 bits per heavy atom. The third kappa shape index (κ3) is 4.07. The Hall–Kier alpha value is -1.51. The predicted molar refractivity (Wildman–Crippen MR) is 95.2 cm³/mol. The number of esters is 1. The first-order chi connectivity index (χ1) is 10.2. The smallest absolute Gasteiger partial charge is 0.315 e. The van der Waals surface area contributed by atoms with Crippen LogP contribution < -0.4 is 0 Å². The molecule has 130 valence electrons. The van der Waals surface area contributed by atoms with Gasteiger partial charge in [0, 0.05) is 0 Å². The van der Waals surface area contributed by atoms with E-state index >= 15 is 0 Å². The summed E-state index contributed by atoms with van der Waals surface area (Å²) in [5.74, 6) is 0.0822. The van der Waals surface area contributed by atoms with Crippen molar-refractivity contribution in [1.82, 2.24) is 0 Å². The topological polar surface area (TPSA) is 46.5 Å². The van der Waals surface area contributed by atoms with E-state index in [1.807, 2.05) is 32.9 Å². The molecule has 0 fully saturated rings. The molecular weight excluding hydrogens is 288 g/mol. The molecule has 1 aromatic rings. The second-order valence-electron chi connectivity index (χ2n) is 8.77. The second kappa shape index (κ2) is 6.18. The molecule has 0 aromatic heterocycles. The van der Waals surface area contributed by atoms with Gasteiger partial charge in [0.15, 0.2) is 0 Å². The summed E-state index contributed by atoms with van der Waals surface area (Å²) < 4.78 is 5.24. The number of aromatic hydroxyl groups is 1. The number of phenolic OH excluding ortho intramolecular Hbond substituents is 1. The highest BCUT2D eigenvalue weighted by Gasteiger charge is 2.35. The van der Waals surface area contributed by atoms with Crippen LogP contribution in [0.2, 0.25) is 0 Å². The van der Waals surface area contributed by atoms with Crippen LogP contribution in [0.4, 0.5) is 0 Å². The van der Waals surface area contributed by atoms with Crippen molar-refractivity contribution in [1.29, 1.82) is 0 Å². The average Bonchev–Trinajstić information content (AvgIpc) is 2.36. The number of phenols is 1. The van der Waals surface area contributed by atoms with E-state index in [1.54, 1.807) is 0 Å². The van der Waals surface area contributed by atoms with Crippen LogP contribution in [0.25, 0.3) is 0 Å². The van der Waals surface area contributed by atoms with E-state index in [1.165, 1.54) is 0 Å². The lowest BCUT2D eigenvalue weighted by Crippen LogP contribution is -2.32. The summed E-state index contributed by atoms with van der Waals surface area (Å²) in [5, 5.41) is 10.8. The monoisotopic (exact) mass is 320 g/mol. The van der Waals surface area contributed by atoms with Gasteiger partial charge < -0.3 is 9.84 Å². The Balaban J connectivity index is 3.66. The molecule has 1 rings (SSSR count). The molecule has 0 aliphatic rings. The highest BCUT2D eigenvalue weighted by Crippen LogP contribution is 2.42. The zero-order valence-corrected chi connectivity index (χ0v) is 16.1. The lowest BCUT2D eigenvalue weighted by molar-refractivity contribution is -0.148. The summed E-state index contributed by atoms with van der Waals surface area (Å²) in [6.45, 7) is 18.3. The van der Waals surface area contributed by atoms with Crippen LogP contribution >= 0.6 is 0 Å². The fourth-order valence-electron chi connectivity index (χ4n) is 2.57. The fraction of sp³-hybridized carbons (Fsp3) is 0.650. The first-order valence-corrected chi connectivity index (χ1v) is 8.28. The van der Waals surface area contributed by atoms with Crippen molar-refractivity contribution in [3.63, 3.8) is 0 Å². The molecule has 0 saturated carbocycles. The standard InChI is InChI=1S/C20H32O3/c1-10-23-17(22)20(8,9)13-11-14(18(2,3)4)16(21)15(12-13)19(5,6)7/h11-12,21H,10H2,1-9H3. The van der Waals surface area contributed by atoms with Gasteiger partial charge in [-0.1, -0.05) is 53.7 Å². The number of rotatable bonds is 3. The van der Waals surface area contributed by atoms with Gasteiger partial charge in [0.1, 0.15) is 5.75 Å². The van der Waals surface area contributed by atoms with E-state index in [4.69, 9.17) is 4.74 Å². The van der Waals surface area contributed by atoms with Crippen LogP contribution in [0.3, 0.4) is 0 Å². The molecule has 0 spiro atoms. The molecule has 0 saturated heterocycles. The predicted octanol–water partition coefficient (Wildman–Crippen LogP) is 4.83. The van der Waals surface area contributed by atoms with Crippen LogP contribution in [-0.4, -0.2) is 17.7 Å². The van der Waals surface area contributed by atoms with Crippen LogP contribution in [0.5, 0.6) is 5.75 Å². The molecule has 0 aliphatic carbocycles. The molecule has 0 radical (unpaired) electrons. The zero-order chi connectivity index (χ0) is 18.2. The molecule has 1 N–H and O–H groups in total. The maximum Gasteiger partial charge on any atom is 0.315 e. The first kappa shape index (κ1) is 19.5. The third-order valence-electron chi connectivity index (χ3n) is 4.23. The fourth-order valence-corrected chi connectivity index (χ4v) is 2.57. The first-order valence-electron chi connectivity index (χ1n) is 8.28. The molecule has 0 bridgehead atoms. The Morgan fingerprint density at radius 3 is 1.65 bits per heavy atom. The van der Waals surface area contributed by atoms with Crippen LogP contribution in [0.1, 0.15) is 79.0 Å². The molecular formula is C20H32O3. The van der Waals surface area contributed by atoms with Crippen molar-refractivity contribution >= 4 is 5.97 Å². The maximum absolute atomic E-state index is 12.4. The normalized spacial score (nSPS) is 13.1. The van der Waals surface area contributed by atoms with Crippen molar-refractivity contribution in [2.45, 2.75) is 78.6 Å². The Labute approximate surface area is 141 Å². The van der Waals surface area contributed by atoms with Gasteiger partial charge in [0.05, 0.1) is 12.0 Å². The average molecular weight is 320 g/mol. The van der Waals surface area contributed by atoms with Crippen LogP contribution in [-0.2, 0) is 25.8 Å². The number of benzene rings is 1. The third-order valence-corrected chi connectivity index (χ3v) is 4.23. The van der Waals surface area contributed by atoms with Crippen LogP contribution in [0, 0.1) is 0 Å². The molecule has 0 atom stereocenters. The van der Waals surface area contributed by atoms with E-state index in [2.05, 4.69) is 41.5 Å². The van der Waals surface area contributed by atoms with Crippen molar-refractivity contribution in [3.8, 4) is 5.75 Å².